The number of aliphatic hydroxyl groups is 1. The Balaban J connectivity index is 1.53. The second kappa shape index (κ2) is 6.74. The molecule has 126 valence electrons. The summed E-state index contributed by atoms with van der Waals surface area (Å²) in [5.74, 6) is 1.38. The minimum absolute atomic E-state index is 0.0283. The summed E-state index contributed by atoms with van der Waals surface area (Å²) in [6.45, 7) is 4.45. The van der Waals surface area contributed by atoms with Crippen molar-refractivity contribution in [2.24, 2.45) is 5.92 Å². The van der Waals surface area contributed by atoms with E-state index in [0.717, 1.165) is 37.3 Å². The fourth-order valence-electron chi connectivity index (χ4n) is 3.17. The van der Waals surface area contributed by atoms with Crippen LogP contribution in [0.25, 0.3) is 0 Å². The van der Waals surface area contributed by atoms with Gasteiger partial charge >= 0.3 is 6.03 Å². The van der Waals surface area contributed by atoms with Crippen molar-refractivity contribution in [3.05, 3.63) is 23.9 Å². The maximum absolute atomic E-state index is 12.1. The number of carbonyl (C=O) groups is 1. The van der Waals surface area contributed by atoms with E-state index in [0.29, 0.717) is 12.5 Å². The van der Waals surface area contributed by atoms with E-state index < -0.39 is 5.54 Å². The van der Waals surface area contributed by atoms with Crippen molar-refractivity contribution in [3.63, 3.8) is 0 Å². The molecule has 1 unspecified atom stereocenters. The predicted octanol–water partition coefficient (Wildman–Crippen LogP) is 1.64. The first-order valence-electron chi connectivity index (χ1n) is 8.47. The van der Waals surface area contributed by atoms with Gasteiger partial charge in [-0.25, -0.2) is 9.78 Å². The Morgan fingerprint density at radius 2 is 2.17 bits per heavy atom. The molecule has 0 spiro atoms. The summed E-state index contributed by atoms with van der Waals surface area (Å²) in [5.41, 5.74) is 0.525. The summed E-state index contributed by atoms with van der Waals surface area (Å²) in [6.07, 6.45) is 6.37. The molecule has 1 aromatic rings. The first-order chi connectivity index (χ1) is 11.1. The summed E-state index contributed by atoms with van der Waals surface area (Å²) in [5, 5.41) is 15.3. The van der Waals surface area contributed by atoms with E-state index in [4.69, 9.17) is 0 Å². The van der Waals surface area contributed by atoms with Gasteiger partial charge < -0.3 is 20.6 Å². The number of carbonyl (C=O) groups excluding carboxylic acids is 1. The summed E-state index contributed by atoms with van der Waals surface area (Å²) >= 11 is 0. The molecule has 1 saturated heterocycles. The molecule has 3 rings (SSSR count). The zero-order chi connectivity index (χ0) is 16.3. The van der Waals surface area contributed by atoms with E-state index in [9.17, 15) is 9.90 Å². The average molecular weight is 318 g/mol. The van der Waals surface area contributed by atoms with Crippen molar-refractivity contribution in [1.82, 2.24) is 15.6 Å². The standard InChI is InChI=1S/C17H26N4O2/c1-17(12-22,14-4-5-14)20-16(23)19-11-13-6-7-18-15(10-13)21-8-2-3-9-21/h6-7,10,14,22H,2-5,8-9,11-12H2,1H3,(H2,19,20,23). The SMILES string of the molecule is CC(CO)(NC(=O)NCc1ccnc(N2CCCC2)c1)C1CC1. The molecule has 6 nitrogen and oxygen atoms in total. The highest BCUT2D eigenvalue weighted by Gasteiger charge is 2.42. The number of pyridine rings is 1. The lowest BCUT2D eigenvalue weighted by Gasteiger charge is -2.28. The first kappa shape index (κ1) is 16.1. The highest BCUT2D eigenvalue weighted by Crippen LogP contribution is 2.39. The van der Waals surface area contributed by atoms with Crippen LogP contribution in [0.2, 0.25) is 0 Å². The minimum atomic E-state index is -0.511. The van der Waals surface area contributed by atoms with Crippen LogP contribution >= 0.6 is 0 Å². The van der Waals surface area contributed by atoms with Crippen molar-refractivity contribution in [2.45, 2.75) is 44.7 Å². The molecule has 1 aliphatic heterocycles. The van der Waals surface area contributed by atoms with Crippen LogP contribution in [0.3, 0.4) is 0 Å². The maximum atomic E-state index is 12.1. The minimum Gasteiger partial charge on any atom is -0.394 e. The van der Waals surface area contributed by atoms with E-state index in [1.165, 1.54) is 12.8 Å². The number of anilines is 1. The Kier molecular flexibility index (Phi) is 4.71. The molecular weight excluding hydrogens is 292 g/mol. The van der Waals surface area contributed by atoms with E-state index in [-0.39, 0.29) is 12.6 Å². The van der Waals surface area contributed by atoms with Gasteiger partial charge in [0, 0.05) is 25.8 Å². The third-order valence-electron chi connectivity index (χ3n) is 4.90. The second-order valence-electron chi connectivity index (χ2n) is 6.87. The molecule has 2 aliphatic rings. The second-order valence-corrected chi connectivity index (χ2v) is 6.87. The predicted molar refractivity (Wildman–Crippen MR) is 89.3 cm³/mol. The maximum Gasteiger partial charge on any atom is 0.315 e. The Morgan fingerprint density at radius 3 is 2.83 bits per heavy atom. The Labute approximate surface area is 137 Å². The largest absolute Gasteiger partial charge is 0.394 e. The fourth-order valence-corrected chi connectivity index (χ4v) is 3.17. The topological polar surface area (TPSA) is 77.5 Å². The molecule has 1 atom stereocenters. The highest BCUT2D eigenvalue weighted by molar-refractivity contribution is 5.75. The summed E-state index contributed by atoms with van der Waals surface area (Å²) in [7, 11) is 0. The zero-order valence-corrected chi connectivity index (χ0v) is 13.7. The lowest BCUT2D eigenvalue weighted by molar-refractivity contribution is 0.155. The van der Waals surface area contributed by atoms with Crippen LogP contribution < -0.4 is 15.5 Å². The van der Waals surface area contributed by atoms with Gasteiger partial charge in [-0.15, -0.1) is 0 Å². The number of amides is 2. The van der Waals surface area contributed by atoms with Crippen LogP contribution in [0.1, 0.15) is 38.2 Å². The van der Waals surface area contributed by atoms with E-state index >= 15 is 0 Å². The molecule has 6 heteroatoms. The molecule has 0 bridgehead atoms. The monoisotopic (exact) mass is 318 g/mol. The van der Waals surface area contributed by atoms with Gasteiger partial charge in [-0.2, -0.15) is 0 Å². The number of aromatic nitrogens is 1. The molecule has 23 heavy (non-hydrogen) atoms. The summed E-state index contributed by atoms with van der Waals surface area (Å²) in [6, 6.07) is 3.73. The highest BCUT2D eigenvalue weighted by atomic mass is 16.3. The van der Waals surface area contributed by atoms with Gasteiger partial charge in [0.25, 0.3) is 0 Å². The van der Waals surface area contributed by atoms with Crippen molar-refractivity contribution in [1.29, 1.82) is 0 Å². The molecule has 2 fully saturated rings. The normalized spacial score (nSPS) is 20.2. The van der Waals surface area contributed by atoms with Gasteiger partial charge in [-0.05, 0) is 56.2 Å². The third-order valence-corrected chi connectivity index (χ3v) is 4.90. The molecule has 3 N–H and O–H groups in total. The molecule has 1 aliphatic carbocycles. The average Bonchev–Trinajstić information content (AvgIpc) is 3.29. The van der Waals surface area contributed by atoms with Crippen LogP contribution in [0, 0.1) is 5.92 Å². The van der Waals surface area contributed by atoms with Crippen LogP contribution in [0.15, 0.2) is 18.3 Å². The number of nitrogens with zero attached hydrogens (tertiary/aromatic N) is 2. The number of rotatable bonds is 6. The zero-order valence-electron chi connectivity index (χ0n) is 13.7. The molecule has 1 saturated carbocycles. The van der Waals surface area contributed by atoms with Gasteiger partial charge in [0.15, 0.2) is 0 Å². The van der Waals surface area contributed by atoms with Gasteiger partial charge in [-0.3, -0.25) is 0 Å². The smallest absolute Gasteiger partial charge is 0.315 e. The number of urea groups is 1. The lowest BCUT2D eigenvalue weighted by Crippen LogP contribution is -2.53. The van der Waals surface area contributed by atoms with Crippen LogP contribution in [0.5, 0.6) is 0 Å². The summed E-state index contributed by atoms with van der Waals surface area (Å²) < 4.78 is 0. The van der Waals surface area contributed by atoms with Crippen molar-refractivity contribution in [2.75, 3.05) is 24.6 Å². The number of hydrogen-bond donors (Lipinski definition) is 3. The Hall–Kier alpha value is -1.82. The molecule has 0 aromatic carbocycles. The summed E-state index contributed by atoms with van der Waals surface area (Å²) in [4.78, 5) is 18.8. The van der Waals surface area contributed by atoms with E-state index in [2.05, 4.69) is 20.5 Å². The Bertz CT molecular complexity index is 555. The van der Waals surface area contributed by atoms with Crippen molar-refractivity contribution < 1.29 is 9.90 Å². The lowest BCUT2D eigenvalue weighted by atomic mass is 9.97. The molecule has 2 amide bonds. The van der Waals surface area contributed by atoms with Crippen LogP contribution in [-0.2, 0) is 6.54 Å². The molecule has 0 radical (unpaired) electrons. The van der Waals surface area contributed by atoms with Crippen molar-refractivity contribution in [3.8, 4) is 0 Å². The number of hydrogen-bond acceptors (Lipinski definition) is 4. The molecular formula is C17H26N4O2. The molecule has 1 aromatic heterocycles. The quantitative estimate of drug-likeness (QED) is 0.745. The number of nitrogens with one attached hydrogen (secondary N) is 2. The van der Waals surface area contributed by atoms with Crippen molar-refractivity contribution >= 4 is 11.8 Å². The van der Waals surface area contributed by atoms with E-state index in [1.54, 1.807) is 6.20 Å². The fraction of sp³-hybridized carbons (Fsp3) is 0.647. The van der Waals surface area contributed by atoms with E-state index in [1.807, 2.05) is 19.1 Å². The van der Waals surface area contributed by atoms with Gasteiger partial charge in [0.2, 0.25) is 0 Å². The number of aliphatic hydroxyl groups excluding tert-OH is 1. The van der Waals surface area contributed by atoms with Crippen LogP contribution in [0.4, 0.5) is 10.6 Å². The van der Waals surface area contributed by atoms with Crippen LogP contribution in [-0.4, -0.2) is 41.4 Å². The van der Waals surface area contributed by atoms with Gasteiger partial charge in [-0.1, -0.05) is 0 Å². The molecule has 2 heterocycles. The Morgan fingerprint density at radius 1 is 1.43 bits per heavy atom. The third kappa shape index (κ3) is 3.93. The first-order valence-corrected chi connectivity index (χ1v) is 8.47. The van der Waals surface area contributed by atoms with Gasteiger partial charge in [0.1, 0.15) is 5.82 Å². The van der Waals surface area contributed by atoms with Gasteiger partial charge in [0.05, 0.1) is 12.1 Å².